The average Bonchev–Trinajstić information content (AvgIpc) is 3.70. The quantitative estimate of drug-likeness (QED) is 0.0889. The highest BCUT2D eigenvalue weighted by Crippen LogP contribution is 2.53. The zero-order valence-corrected chi connectivity index (χ0v) is 34.4. The monoisotopic (exact) mass is 794 g/mol. The van der Waals surface area contributed by atoms with Crippen molar-refractivity contribution < 1.29 is 46.9 Å². The summed E-state index contributed by atoms with van der Waals surface area (Å²) in [4.78, 5) is 0. The van der Waals surface area contributed by atoms with Crippen molar-refractivity contribution in [3.8, 4) is 40.2 Å². The zero-order valence-electron chi connectivity index (χ0n) is 34.4. The van der Waals surface area contributed by atoms with Gasteiger partial charge in [0.25, 0.3) is 0 Å². The van der Waals surface area contributed by atoms with E-state index < -0.39 is 0 Å². The molecule has 1 fully saturated rings. The lowest BCUT2D eigenvalue weighted by Crippen LogP contribution is -2.32. The number of fused-ring (bicyclic) bond motifs is 3. The van der Waals surface area contributed by atoms with Crippen LogP contribution < -0.4 is 33.2 Å². The summed E-state index contributed by atoms with van der Waals surface area (Å²) in [5, 5.41) is 1.66. The fraction of sp³-hybridized carbons (Fsp3) is 0.245. The Balaban J connectivity index is 1.52. The van der Waals surface area contributed by atoms with E-state index in [-0.39, 0.29) is 5.92 Å². The van der Waals surface area contributed by atoms with Crippen molar-refractivity contribution in [3.05, 3.63) is 143 Å². The lowest BCUT2D eigenvalue weighted by Gasteiger charge is -2.23. The number of benzene rings is 5. The van der Waals surface area contributed by atoms with Crippen LogP contribution in [-0.4, -0.2) is 86.4 Å². The summed E-state index contributed by atoms with van der Waals surface area (Å²) >= 11 is 0. The largest absolute Gasteiger partial charge is 0.497 e. The lowest BCUT2D eigenvalue weighted by molar-refractivity contribution is -0.547. The van der Waals surface area contributed by atoms with Crippen LogP contribution in [0, 0.1) is 0 Å². The van der Waals surface area contributed by atoms with Gasteiger partial charge in [-0.1, -0.05) is 36.4 Å². The van der Waals surface area contributed by atoms with Crippen molar-refractivity contribution in [2.24, 2.45) is 0 Å². The van der Waals surface area contributed by atoms with Gasteiger partial charge in [-0.3, -0.25) is 0 Å². The van der Waals surface area contributed by atoms with E-state index in [1.54, 1.807) is 49.8 Å². The molecular weight excluding hydrogens is 747 g/mol. The van der Waals surface area contributed by atoms with E-state index in [2.05, 4.69) is 71.3 Å². The lowest BCUT2D eigenvalue weighted by atomic mass is 9.81. The van der Waals surface area contributed by atoms with Crippen LogP contribution in [0.2, 0.25) is 0 Å². The smallest absolute Gasteiger partial charge is 0.204 e. The first-order valence-electron chi connectivity index (χ1n) is 19.4. The predicted octanol–water partition coefficient (Wildman–Crippen LogP) is 9.24. The number of hydrogen-bond donors (Lipinski definition) is 0. The van der Waals surface area contributed by atoms with Gasteiger partial charge in [0.05, 0.1) is 49.8 Å². The highest BCUT2D eigenvalue weighted by Gasteiger charge is 2.32. The fourth-order valence-corrected chi connectivity index (χ4v) is 8.21. The van der Waals surface area contributed by atoms with E-state index in [4.69, 9.17) is 42.3 Å². The molecule has 0 radical (unpaired) electrons. The minimum absolute atomic E-state index is 0.312. The van der Waals surface area contributed by atoms with E-state index >= 15 is 0 Å². The van der Waals surface area contributed by atoms with Gasteiger partial charge >= 0.3 is 0 Å². The number of nitrogens with zero attached hydrogens (tertiary/aromatic N) is 1. The standard InChI is InChI=1S/C49H48NO9/c1-51-35-18-10-31(11-19-35)42(30-8-16-34(17-9-30)50-24-26-58-27-25-50)38-28-40(54-4)46(56-6)48-44(38)45-39(29-41(55-5)47(57-7)49(45)59-48)43(32-12-20-36(52-2)21-13-32)33-14-22-37(53-3)23-15-33/h8-23,28-29,43H,24-27H2,1-7H3/q+1. The van der Waals surface area contributed by atoms with Gasteiger partial charge in [-0.2, -0.15) is 0 Å². The van der Waals surface area contributed by atoms with Crippen molar-refractivity contribution in [2.45, 2.75) is 5.92 Å². The Morgan fingerprint density at radius 1 is 0.542 bits per heavy atom. The molecule has 0 N–H and O–H groups in total. The summed E-state index contributed by atoms with van der Waals surface area (Å²) in [5.41, 5.74) is 8.93. The van der Waals surface area contributed by atoms with Gasteiger partial charge in [-0.25, -0.2) is 4.58 Å². The maximum absolute atomic E-state index is 7.01. The predicted molar refractivity (Wildman–Crippen MR) is 230 cm³/mol. The van der Waals surface area contributed by atoms with Crippen molar-refractivity contribution in [2.75, 3.05) is 76.1 Å². The average molecular weight is 795 g/mol. The van der Waals surface area contributed by atoms with Crippen LogP contribution >= 0.6 is 0 Å². The summed E-state index contributed by atoms with van der Waals surface area (Å²) < 4.78 is 56.2. The topological polar surface area (TPSA) is 90.0 Å². The van der Waals surface area contributed by atoms with Crippen LogP contribution in [0.25, 0.3) is 27.5 Å². The number of furan rings is 1. The Hall–Kier alpha value is -6.65. The minimum atomic E-state index is -0.312. The summed E-state index contributed by atoms with van der Waals surface area (Å²) in [7, 11) is 11.5. The molecule has 2 heterocycles. The molecule has 1 aliphatic carbocycles. The van der Waals surface area contributed by atoms with Gasteiger partial charge in [0.1, 0.15) is 30.5 Å². The molecule has 59 heavy (non-hydrogen) atoms. The minimum Gasteiger partial charge on any atom is -0.497 e. The summed E-state index contributed by atoms with van der Waals surface area (Å²) in [6.07, 6.45) is 8.71. The van der Waals surface area contributed by atoms with Crippen molar-refractivity contribution in [3.63, 3.8) is 0 Å². The van der Waals surface area contributed by atoms with Crippen LogP contribution in [0.3, 0.4) is 0 Å². The SMILES string of the molecule is COc1ccc(C(=C2C=CC(=[N+]3CCOCC3)C=C2)c2cc(OC)c(OC)c3oc4c(OC)c(OC)cc(C(c5ccc(OC)cc5)c5ccc(OC)cc5)c4c23)cc1. The molecule has 1 aliphatic heterocycles. The molecular formula is C49H48NO9+. The molecule has 0 bridgehead atoms. The van der Waals surface area contributed by atoms with Crippen LogP contribution in [0.15, 0.2) is 119 Å². The number of morpholine rings is 1. The molecule has 10 heteroatoms. The van der Waals surface area contributed by atoms with Crippen molar-refractivity contribution >= 4 is 33.2 Å². The molecule has 8 rings (SSSR count). The molecule has 302 valence electrons. The molecule has 0 saturated carbocycles. The van der Waals surface area contributed by atoms with Gasteiger partial charge in [0.2, 0.25) is 11.5 Å². The second-order valence-corrected chi connectivity index (χ2v) is 14.1. The van der Waals surface area contributed by atoms with E-state index in [9.17, 15) is 0 Å². The van der Waals surface area contributed by atoms with E-state index in [0.717, 1.165) is 85.8 Å². The molecule has 10 nitrogen and oxygen atoms in total. The Morgan fingerprint density at radius 2 is 1.03 bits per heavy atom. The van der Waals surface area contributed by atoms with Gasteiger partial charge in [-0.05, 0) is 99.6 Å². The van der Waals surface area contributed by atoms with Crippen LogP contribution in [0.1, 0.15) is 33.7 Å². The second kappa shape index (κ2) is 17.1. The fourth-order valence-electron chi connectivity index (χ4n) is 8.21. The summed E-state index contributed by atoms with van der Waals surface area (Å²) in [6, 6.07) is 28.5. The molecule has 1 saturated heterocycles. The number of allylic oxidation sites excluding steroid dienone is 5. The molecule has 5 aromatic carbocycles. The Bertz CT molecular complexity index is 2540. The third-order valence-corrected chi connectivity index (χ3v) is 11.1. The van der Waals surface area contributed by atoms with Crippen LogP contribution in [0.5, 0.6) is 40.2 Å². The summed E-state index contributed by atoms with van der Waals surface area (Å²) in [6.45, 7) is 3.08. The van der Waals surface area contributed by atoms with Gasteiger partial charge in [0.15, 0.2) is 41.5 Å². The Morgan fingerprint density at radius 3 is 1.53 bits per heavy atom. The normalized spacial score (nSPS) is 13.9. The molecule has 0 unspecified atom stereocenters. The molecule has 0 atom stereocenters. The third kappa shape index (κ3) is 7.25. The Kier molecular flexibility index (Phi) is 11.3. The van der Waals surface area contributed by atoms with Gasteiger partial charge < -0.3 is 42.3 Å². The van der Waals surface area contributed by atoms with Crippen molar-refractivity contribution in [1.82, 2.24) is 0 Å². The van der Waals surface area contributed by atoms with E-state index in [1.807, 2.05) is 42.5 Å². The zero-order chi connectivity index (χ0) is 41.0. The van der Waals surface area contributed by atoms with Gasteiger partial charge in [0, 0.05) is 28.8 Å². The van der Waals surface area contributed by atoms with Crippen molar-refractivity contribution in [1.29, 1.82) is 0 Å². The second-order valence-electron chi connectivity index (χ2n) is 14.1. The molecule has 0 amide bonds. The van der Waals surface area contributed by atoms with E-state index in [0.29, 0.717) is 47.4 Å². The number of rotatable bonds is 12. The number of methoxy groups -OCH3 is 7. The van der Waals surface area contributed by atoms with Gasteiger partial charge in [-0.15, -0.1) is 0 Å². The highest BCUT2D eigenvalue weighted by molar-refractivity contribution is 6.18. The highest BCUT2D eigenvalue weighted by atomic mass is 16.5. The molecule has 2 aliphatic rings. The summed E-state index contributed by atoms with van der Waals surface area (Å²) in [5.74, 6) is 3.90. The van der Waals surface area contributed by atoms with Crippen LogP contribution in [0.4, 0.5) is 0 Å². The first kappa shape index (κ1) is 39.2. The molecule has 1 aromatic heterocycles. The maximum Gasteiger partial charge on any atom is 0.204 e. The maximum atomic E-state index is 7.01. The first-order valence-corrected chi connectivity index (χ1v) is 19.4. The number of ether oxygens (including phenoxy) is 8. The molecule has 0 spiro atoms. The molecule has 6 aromatic rings. The Labute approximate surface area is 344 Å². The third-order valence-electron chi connectivity index (χ3n) is 11.1. The number of hydrogen-bond acceptors (Lipinski definition) is 9. The van der Waals surface area contributed by atoms with Crippen LogP contribution in [-0.2, 0) is 4.74 Å². The first-order chi connectivity index (χ1) is 28.9. The van der Waals surface area contributed by atoms with E-state index in [1.165, 1.54) is 0 Å².